The third kappa shape index (κ3) is 4.85. The highest BCUT2D eigenvalue weighted by molar-refractivity contribution is 7.66. The maximum Gasteiger partial charge on any atom is 0.348 e. The van der Waals surface area contributed by atoms with Crippen molar-refractivity contribution in [2.75, 3.05) is 12.4 Å². The number of nitrogens with zero attached hydrogens (tertiary/aromatic N) is 3. The third-order valence-electron chi connectivity index (χ3n) is 5.68. The molecule has 4 aromatic rings. The quantitative estimate of drug-likeness (QED) is 0.169. The molecule has 2 aromatic heterocycles. The summed E-state index contributed by atoms with van der Waals surface area (Å²) in [4.78, 5) is 18.0. The lowest BCUT2D eigenvalue weighted by atomic mass is 10.1. The average molecular weight is 552 g/mol. The van der Waals surface area contributed by atoms with Gasteiger partial charge >= 0.3 is 7.52 Å². The molecule has 0 aliphatic carbocycles. The number of rotatable bonds is 8. The van der Waals surface area contributed by atoms with E-state index in [4.69, 9.17) is 15.2 Å². The lowest BCUT2D eigenvalue weighted by molar-refractivity contribution is 0.250. The summed E-state index contributed by atoms with van der Waals surface area (Å²) in [5.74, 6) is 4.79. The van der Waals surface area contributed by atoms with Crippen LogP contribution in [0.5, 0.6) is 11.5 Å². The number of aromatic hydroxyl groups is 1. The Morgan fingerprint density at radius 1 is 1.18 bits per heavy atom. The van der Waals surface area contributed by atoms with Crippen molar-refractivity contribution in [3.05, 3.63) is 99.4 Å². The van der Waals surface area contributed by atoms with Crippen LogP contribution in [0.4, 0.5) is 5.69 Å². The molecule has 38 heavy (non-hydrogen) atoms. The van der Waals surface area contributed by atoms with E-state index in [-0.39, 0.29) is 34.7 Å². The average Bonchev–Trinajstić information content (AvgIpc) is 3.46. The highest BCUT2D eigenvalue weighted by Gasteiger charge is 2.36. The Kier molecular flexibility index (Phi) is 7.12. The summed E-state index contributed by atoms with van der Waals surface area (Å²) in [6.07, 6.45) is 2.34. The fraction of sp³-hybridized carbons (Fsp3) is 0.0800. The van der Waals surface area contributed by atoms with Crippen LogP contribution >= 0.6 is 18.9 Å². The second kappa shape index (κ2) is 10.6. The molecular formula is C25H22N5O6PS. The van der Waals surface area contributed by atoms with Crippen LogP contribution in [0, 0.1) is 0 Å². The minimum absolute atomic E-state index is 0.101. The van der Waals surface area contributed by atoms with E-state index in [1.807, 2.05) is 35.7 Å². The Bertz CT molecular complexity index is 1640. The molecule has 0 saturated carbocycles. The summed E-state index contributed by atoms with van der Waals surface area (Å²) in [5.41, 5.74) is 1.23. The number of aromatic nitrogens is 2. The van der Waals surface area contributed by atoms with Crippen LogP contribution in [-0.2, 0) is 20.5 Å². The predicted octanol–water partition coefficient (Wildman–Crippen LogP) is 3.80. The Hall–Kier alpha value is -4.22. The molecule has 1 aliphatic heterocycles. The van der Waals surface area contributed by atoms with Crippen molar-refractivity contribution in [2.24, 2.45) is 10.7 Å². The van der Waals surface area contributed by atoms with Gasteiger partial charge in [-0.05, 0) is 35.2 Å². The number of anilines is 1. The highest BCUT2D eigenvalue weighted by Crippen LogP contribution is 2.52. The molecule has 1 atom stereocenters. The monoisotopic (exact) mass is 551 g/mol. The number of thiophene rings is 1. The van der Waals surface area contributed by atoms with E-state index in [2.05, 4.69) is 20.0 Å². The SMILES string of the molecule is COP1(=O)N=C(c2c(O)c(-c3ccsc3)nn(Cc3ccccc3)c2=O)Nc2ccc(OC=CON)cc21. The van der Waals surface area contributed by atoms with Gasteiger partial charge in [0, 0.05) is 18.1 Å². The van der Waals surface area contributed by atoms with Gasteiger partial charge in [0.25, 0.3) is 5.56 Å². The number of ether oxygens (including phenoxy) is 1. The molecule has 194 valence electrons. The molecule has 0 amide bonds. The van der Waals surface area contributed by atoms with E-state index in [0.717, 1.165) is 11.8 Å². The number of hydrogen-bond donors (Lipinski definition) is 3. The lowest BCUT2D eigenvalue weighted by Crippen LogP contribution is -2.35. The Morgan fingerprint density at radius 3 is 2.71 bits per heavy atom. The first kappa shape index (κ1) is 25.4. The van der Waals surface area contributed by atoms with Crippen molar-refractivity contribution in [3.63, 3.8) is 0 Å². The zero-order valence-electron chi connectivity index (χ0n) is 20.0. The Balaban J connectivity index is 1.65. The van der Waals surface area contributed by atoms with Gasteiger partial charge in [0.15, 0.2) is 11.6 Å². The van der Waals surface area contributed by atoms with Crippen LogP contribution < -0.4 is 26.8 Å². The van der Waals surface area contributed by atoms with Crippen LogP contribution in [0.25, 0.3) is 11.3 Å². The molecule has 0 fully saturated rings. The number of hydrogen-bond acceptors (Lipinski definition) is 10. The summed E-state index contributed by atoms with van der Waals surface area (Å²) < 4.78 is 30.1. The first-order chi connectivity index (χ1) is 18.4. The van der Waals surface area contributed by atoms with Gasteiger partial charge < -0.3 is 24.5 Å². The van der Waals surface area contributed by atoms with Gasteiger partial charge in [-0.15, -0.1) is 0 Å². The van der Waals surface area contributed by atoms with Gasteiger partial charge in [0.05, 0.1) is 17.5 Å². The standard InChI is InChI=1S/C25H22N5O6PS/c1-34-37(33)20-13-18(35-10-11-36-26)7-8-19(20)27-24(29-37)21-23(31)22(17-9-12-38-15-17)28-30(25(21)32)14-16-5-3-2-4-6-16/h2-13,15,31H,14,26H2,1H3,(H,27,29,33). The number of amidine groups is 1. The minimum atomic E-state index is -3.88. The van der Waals surface area contributed by atoms with Crippen molar-refractivity contribution in [3.8, 4) is 22.8 Å². The smallest absolute Gasteiger partial charge is 0.348 e. The fourth-order valence-electron chi connectivity index (χ4n) is 3.89. The van der Waals surface area contributed by atoms with Gasteiger partial charge in [-0.2, -0.15) is 27.1 Å². The topological polar surface area (TPSA) is 150 Å². The van der Waals surface area contributed by atoms with Crippen molar-refractivity contribution in [1.29, 1.82) is 0 Å². The van der Waals surface area contributed by atoms with Crippen LogP contribution in [0.15, 0.2) is 87.4 Å². The number of nitrogens with one attached hydrogen (secondary N) is 1. The van der Waals surface area contributed by atoms with Crippen LogP contribution in [0.1, 0.15) is 11.1 Å². The third-order valence-corrected chi connectivity index (χ3v) is 8.30. The first-order valence-electron chi connectivity index (χ1n) is 11.2. The van der Waals surface area contributed by atoms with Gasteiger partial charge in [-0.1, -0.05) is 30.3 Å². The van der Waals surface area contributed by atoms with E-state index in [1.54, 1.807) is 23.6 Å². The molecule has 3 heterocycles. The maximum absolute atomic E-state index is 13.8. The predicted molar refractivity (Wildman–Crippen MR) is 145 cm³/mol. The number of fused-ring (bicyclic) bond motifs is 1. The van der Waals surface area contributed by atoms with Crippen molar-refractivity contribution in [2.45, 2.75) is 6.54 Å². The highest BCUT2D eigenvalue weighted by atomic mass is 32.1. The Morgan fingerprint density at radius 2 is 2.00 bits per heavy atom. The van der Waals surface area contributed by atoms with E-state index in [1.165, 1.54) is 35.5 Å². The second-order valence-electron chi connectivity index (χ2n) is 8.01. The minimum Gasteiger partial charge on any atom is -0.505 e. The normalized spacial score (nSPS) is 16.5. The molecule has 0 radical (unpaired) electrons. The Labute approximate surface area is 220 Å². The van der Waals surface area contributed by atoms with Crippen LogP contribution in [0.2, 0.25) is 0 Å². The van der Waals surface area contributed by atoms with Gasteiger partial charge in [-0.3, -0.25) is 9.36 Å². The van der Waals surface area contributed by atoms with E-state index in [0.29, 0.717) is 17.0 Å². The largest absolute Gasteiger partial charge is 0.505 e. The first-order valence-corrected chi connectivity index (χ1v) is 13.7. The zero-order valence-corrected chi connectivity index (χ0v) is 21.7. The molecule has 13 heteroatoms. The van der Waals surface area contributed by atoms with Crippen molar-refractivity contribution >= 4 is 35.7 Å². The molecule has 0 saturated heterocycles. The van der Waals surface area contributed by atoms with Crippen molar-refractivity contribution in [1.82, 2.24) is 9.78 Å². The number of nitrogens with two attached hydrogens (primary N) is 1. The van der Waals surface area contributed by atoms with Gasteiger partial charge in [0.1, 0.15) is 29.5 Å². The van der Waals surface area contributed by atoms with E-state index < -0.39 is 13.1 Å². The fourth-order valence-corrected chi connectivity index (χ4v) is 6.05. The molecule has 1 aliphatic rings. The summed E-state index contributed by atoms with van der Waals surface area (Å²) >= 11 is 1.42. The molecular weight excluding hydrogens is 529 g/mol. The summed E-state index contributed by atoms with van der Waals surface area (Å²) in [6.45, 7) is 0.149. The summed E-state index contributed by atoms with van der Waals surface area (Å²) in [7, 11) is -2.63. The number of benzene rings is 2. The maximum atomic E-state index is 13.8. The molecule has 0 bridgehead atoms. The van der Waals surface area contributed by atoms with Gasteiger partial charge in [0.2, 0.25) is 0 Å². The van der Waals surface area contributed by atoms with E-state index >= 15 is 0 Å². The molecule has 1 unspecified atom stereocenters. The summed E-state index contributed by atoms with van der Waals surface area (Å²) in [6, 6.07) is 15.8. The summed E-state index contributed by atoms with van der Waals surface area (Å²) in [5, 5.41) is 22.6. The molecule has 2 aromatic carbocycles. The molecule has 0 spiro atoms. The van der Waals surface area contributed by atoms with Crippen LogP contribution in [0.3, 0.4) is 0 Å². The molecule has 4 N–H and O–H groups in total. The zero-order chi connectivity index (χ0) is 26.7. The van der Waals surface area contributed by atoms with Crippen LogP contribution in [-0.4, -0.2) is 27.8 Å². The van der Waals surface area contributed by atoms with Crippen molar-refractivity contribution < 1.29 is 23.8 Å². The van der Waals surface area contributed by atoms with Gasteiger partial charge in [-0.25, -0.2) is 4.68 Å². The second-order valence-corrected chi connectivity index (χ2v) is 10.9. The lowest BCUT2D eigenvalue weighted by Gasteiger charge is -2.25. The van der Waals surface area contributed by atoms with E-state index in [9.17, 15) is 14.5 Å². The molecule has 11 nitrogen and oxygen atoms in total. The molecule has 5 rings (SSSR count).